The lowest BCUT2D eigenvalue weighted by atomic mass is 10.0. The number of aliphatic hydroxyl groups is 1. The lowest BCUT2D eigenvalue weighted by molar-refractivity contribution is -0.161. The smallest absolute Gasteiger partial charge is 0.462 e. The number of esters is 4. The Morgan fingerprint density at radius 1 is 0.310 bits per heavy atom. The van der Waals surface area contributed by atoms with Gasteiger partial charge in [0.05, 0.1) is 26.4 Å². The van der Waals surface area contributed by atoms with Crippen LogP contribution in [0, 0.1) is 5.92 Å². The van der Waals surface area contributed by atoms with Crippen molar-refractivity contribution in [2.45, 2.75) is 368 Å². The van der Waals surface area contributed by atoms with Crippen LogP contribution < -0.4 is 0 Å². The molecule has 2 unspecified atom stereocenters. The summed E-state index contributed by atoms with van der Waals surface area (Å²) in [5.74, 6) is -1.33. The Morgan fingerprint density at radius 2 is 0.529 bits per heavy atom. The van der Waals surface area contributed by atoms with Crippen LogP contribution in [-0.2, 0) is 65.4 Å². The molecular formula is C68H132O17P2. The van der Waals surface area contributed by atoms with Gasteiger partial charge in [0, 0.05) is 25.7 Å². The molecule has 0 aromatic carbocycles. The fraction of sp³-hybridized carbons (Fsp3) is 0.941. The molecule has 0 spiro atoms. The molecule has 87 heavy (non-hydrogen) atoms. The van der Waals surface area contributed by atoms with E-state index in [4.69, 9.17) is 37.0 Å². The summed E-state index contributed by atoms with van der Waals surface area (Å²) >= 11 is 0. The number of carbonyl (C=O) groups excluding carboxylic acids is 4. The maximum Gasteiger partial charge on any atom is 0.472 e. The zero-order valence-electron chi connectivity index (χ0n) is 56.2. The zero-order chi connectivity index (χ0) is 64.2. The number of aliphatic hydroxyl groups excluding tert-OH is 1. The first-order chi connectivity index (χ1) is 42.0. The van der Waals surface area contributed by atoms with Crippen LogP contribution in [0.25, 0.3) is 0 Å². The highest BCUT2D eigenvalue weighted by atomic mass is 31.2. The van der Waals surface area contributed by atoms with Crippen molar-refractivity contribution < 1.29 is 80.2 Å². The second-order valence-corrected chi connectivity index (χ2v) is 27.9. The van der Waals surface area contributed by atoms with Gasteiger partial charge in [-0.2, -0.15) is 0 Å². The largest absolute Gasteiger partial charge is 0.472 e. The molecule has 0 saturated heterocycles. The molecule has 0 aliphatic rings. The van der Waals surface area contributed by atoms with Gasteiger partial charge in [0.15, 0.2) is 12.2 Å². The molecule has 0 aromatic rings. The third kappa shape index (κ3) is 62.6. The minimum Gasteiger partial charge on any atom is -0.462 e. The van der Waals surface area contributed by atoms with Crippen LogP contribution >= 0.6 is 15.6 Å². The molecule has 0 bridgehead atoms. The molecule has 0 amide bonds. The third-order valence-electron chi connectivity index (χ3n) is 15.8. The van der Waals surface area contributed by atoms with E-state index in [2.05, 4.69) is 34.6 Å². The Bertz CT molecular complexity index is 1690. The maximum absolute atomic E-state index is 13.0. The SMILES string of the molecule is CCCCCCCCCCCCCCCC(=O)OC[C@H](COP(=O)(O)OC[C@@H](O)COP(=O)(O)OC[C@@H](COC(=O)CCCCCCCCC)OC(=O)CCCCCCCCCCC)OC(=O)CCCCCCCCCCCCCCCCCC(C)C. The molecular weight excluding hydrogens is 1150 g/mol. The number of hydrogen-bond acceptors (Lipinski definition) is 15. The molecule has 0 heterocycles. The van der Waals surface area contributed by atoms with Crippen molar-refractivity contribution in [3.05, 3.63) is 0 Å². The lowest BCUT2D eigenvalue weighted by Crippen LogP contribution is -2.30. The lowest BCUT2D eigenvalue weighted by Gasteiger charge is -2.21. The monoisotopic (exact) mass is 1280 g/mol. The van der Waals surface area contributed by atoms with Gasteiger partial charge < -0.3 is 33.8 Å². The molecule has 3 N–H and O–H groups in total. The molecule has 17 nitrogen and oxygen atoms in total. The Balaban J connectivity index is 5.17. The molecule has 0 saturated carbocycles. The van der Waals surface area contributed by atoms with Crippen molar-refractivity contribution in [3.8, 4) is 0 Å². The van der Waals surface area contributed by atoms with Gasteiger partial charge in [-0.25, -0.2) is 9.13 Å². The predicted octanol–water partition coefficient (Wildman–Crippen LogP) is 19.4. The minimum absolute atomic E-state index is 0.106. The summed E-state index contributed by atoms with van der Waals surface area (Å²) in [7, 11) is -9.89. The normalized spacial score (nSPS) is 14.1. The van der Waals surface area contributed by atoms with Crippen LogP contribution in [0.15, 0.2) is 0 Å². The van der Waals surface area contributed by atoms with Crippen LogP contribution in [-0.4, -0.2) is 96.7 Å². The van der Waals surface area contributed by atoms with E-state index < -0.39 is 97.5 Å². The minimum atomic E-state index is -4.95. The second kappa shape index (κ2) is 61.6. The van der Waals surface area contributed by atoms with Gasteiger partial charge in [0.2, 0.25) is 0 Å². The Labute approximate surface area is 530 Å². The average molecular weight is 1280 g/mol. The van der Waals surface area contributed by atoms with Gasteiger partial charge >= 0.3 is 39.5 Å². The van der Waals surface area contributed by atoms with E-state index >= 15 is 0 Å². The van der Waals surface area contributed by atoms with Gasteiger partial charge in [-0.15, -0.1) is 0 Å². The molecule has 0 aromatic heterocycles. The molecule has 0 radical (unpaired) electrons. The van der Waals surface area contributed by atoms with Crippen molar-refractivity contribution in [1.29, 1.82) is 0 Å². The van der Waals surface area contributed by atoms with E-state index in [1.807, 2.05) is 0 Å². The maximum atomic E-state index is 13.0. The highest BCUT2D eigenvalue weighted by Gasteiger charge is 2.30. The number of phosphoric acid groups is 2. The van der Waals surface area contributed by atoms with Crippen molar-refractivity contribution in [1.82, 2.24) is 0 Å². The van der Waals surface area contributed by atoms with Crippen molar-refractivity contribution in [2.24, 2.45) is 5.92 Å². The molecule has 19 heteroatoms. The summed E-state index contributed by atoms with van der Waals surface area (Å²) in [6.45, 7) is 7.20. The van der Waals surface area contributed by atoms with E-state index in [1.54, 1.807) is 0 Å². The van der Waals surface area contributed by atoms with Crippen LogP contribution in [0.1, 0.15) is 349 Å². The summed E-state index contributed by atoms with van der Waals surface area (Å²) in [5, 5.41) is 10.5. The molecule has 0 fully saturated rings. The van der Waals surface area contributed by atoms with Gasteiger partial charge in [-0.05, 0) is 31.6 Å². The molecule has 516 valence electrons. The van der Waals surface area contributed by atoms with Crippen molar-refractivity contribution in [2.75, 3.05) is 39.6 Å². The van der Waals surface area contributed by atoms with E-state index in [9.17, 15) is 43.2 Å². The highest BCUT2D eigenvalue weighted by molar-refractivity contribution is 7.47. The number of phosphoric ester groups is 2. The highest BCUT2D eigenvalue weighted by Crippen LogP contribution is 2.45. The van der Waals surface area contributed by atoms with Crippen molar-refractivity contribution >= 4 is 39.5 Å². The first-order valence-corrected chi connectivity index (χ1v) is 38.6. The number of carbonyl (C=O) groups is 4. The molecule has 5 atom stereocenters. The second-order valence-electron chi connectivity index (χ2n) is 25.0. The van der Waals surface area contributed by atoms with Crippen LogP contribution in [0.2, 0.25) is 0 Å². The summed E-state index contributed by atoms with van der Waals surface area (Å²) in [6, 6.07) is 0. The first-order valence-electron chi connectivity index (χ1n) is 35.6. The van der Waals surface area contributed by atoms with E-state index in [0.29, 0.717) is 25.7 Å². The third-order valence-corrected chi connectivity index (χ3v) is 17.7. The van der Waals surface area contributed by atoms with Crippen molar-refractivity contribution in [3.63, 3.8) is 0 Å². The fourth-order valence-corrected chi connectivity index (χ4v) is 11.9. The van der Waals surface area contributed by atoms with E-state index in [0.717, 1.165) is 109 Å². The Hall–Kier alpha value is -1.94. The first kappa shape index (κ1) is 85.1. The average Bonchev–Trinajstić information content (AvgIpc) is 3.70. The standard InChI is InChI=1S/C68H132O17P2/c1-6-9-12-15-18-20-21-25-29-33-37-42-47-52-66(71)79-58-64(85-68(73)54-49-44-39-34-30-27-24-22-23-26-28-32-36-40-45-50-61(4)5)60-83-87(76,77)81-56-62(69)55-80-86(74,75)82-59-63(57-78-65(70)51-46-41-35-17-14-11-8-3)84-67(72)53-48-43-38-31-19-16-13-10-7-2/h61-64,69H,6-60H2,1-5H3,(H,74,75)(H,76,77)/t62-,63+,64+/m0/s1. The number of unbranched alkanes of at least 4 members (excludes halogenated alkanes) is 40. The quantitative estimate of drug-likeness (QED) is 0.0222. The summed E-state index contributed by atoms with van der Waals surface area (Å²) in [5.41, 5.74) is 0. The van der Waals surface area contributed by atoms with Gasteiger partial charge in [0.1, 0.15) is 19.3 Å². The summed E-state index contributed by atoms with van der Waals surface area (Å²) in [4.78, 5) is 72.2. The topological polar surface area (TPSA) is 237 Å². The van der Waals surface area contributed by atoms with Gasteiger partial charge in [-0.1, -0.05) is 298 Å². The number of rotatable bonds is 68. The van der Waals surface area contributed by atoms with E-state index in [1.165, 1.54) is 161 Å². The molecule has 0 aliphatic heterocycles. The molecule has 0 aliphatic carbocycles. The molecule has 0 rings (SSSR count). The van der Waals surface area contributed by atoms with Crippen LogP contribution in [0.4, 0.5) is 0 Å². The van der Waals surface area contributed by atoms with Gasteiger partial charge in [0.25, 0.3) is 0 Å². The van der Waals surface area contributed by atoms with Crippen LogP contribution in [0.3, 0.4) is 0 Å². The van der Waals surface area contributed by atoms with E-state index in [-0.39, 0.29) is 25.7 Å². The fourth-order valence-electron chi connectivity index (χ4n) is 10.3. The van der Waals surface area contributed by atoms with Crippen LogP contribution in [0.5, 0.6) is 0 Å². The summed E-state index contributed by atoms with van der Waals surface area (Å²) < 4.78 is 68.0. The zero-order valence-corrected chi connectivity index (χ0v) is 57.9. The number of hydrogen-bond donors (Lipinski definition) is 3. The van der Waals surface area contributed by atoms with Gasteiger partial charge in [-0.3, -0.25) is 37.3 Å². The Morgan fingerprint density at radius 3 is 0.782 bits per heavy atom. The predicted molar refractivity (Wildman–Crippen MR) is 349 cm³/mol. The Kier molecular flexibility index (Phi) is 60.2. The number of ether oxygens (including phenoxy) is 4. The summed E-state index contributed by atoms with van der Waals surface area (Å²) in [6.07, 6.45) is 47.3.